The van der Waals surface area contributed by atoms with Crippen LogP contribution in [-0.2, 0) is 38.1 Å². The zero-order valence-corrected chi connectivity index (χ0v) is 14.9. The van der Waals surface area contributed by atoms with Crippen molar-refractivity contribution in [2.24, 2.45) is 0 Å². The van der Waals surface area contributed by atoms with Gasteiger partial charge in [-0.15, -0.1) is 12.1 Å². The molecule has 0 N–H and O–H groups in total. The second kappa shape index (κ2) is 15.7. The molecule has 0 aliphatic rings. The third-order valence-corrected chi connectivity index (χ3v) is 1.44. The van der Waals surface area contributed by atoms with Crippen LogP contribution < -0.4 is 0 Å². The van der Waals surface area contributed by atoms with Crippen molar-refractivity contribution in [1.82, 2.24) is 0 Å². The van der Waals surface area contributed by atoms with E-state index >= 15 is 0 Å². The average Bonchev–Trinajstić information content (AvgIpc) is 2.34. The quantitative estimate of drug-likeness (QED) is 0.438. The molecule has 0 aliphatic heterocycles. The van der Waals surface area contributed by atoms with Gasteiger partial charge in [-0.25, -0.2) is 4.79 Å². The Kier molecular flexibility index (Phi) is 20.2. The van der Waals surface area contributed by atoms with Crippen LogP contribution in [0.3, 0.4) is 0 Å². The van der Waals surface area contributed by atoms with Crippen LogP contribution in [-0.4, -0.2) is 12.6 Å². The Labute approximate surface area is 129 Å². The molecule has 92 valence electrons. The van der Waals surface area contributed by atoms with E-state index in [1.807, 2.05) is 6.07 Å². The minimum absolute atomic E-state index is 0. The van der Waals surface area contributed by atoms with E-state index in [0.717, 1.165) is 5.56 Å². The standard InChI is InChI=1S/C10H11O2.CN.BrH.Cu.Zn/c1-3-12-10(11)9-6-4-5-8(2)7-9;1-2;;;/h4-7H,2-3H2,1H3;;1H;;/q2*-1;;+1;+2/p-1. The number of ether oxygens (including phenoxy) is 1. The first-order valence-corrected chi connectivity index (χ1v) is 11.3. The van der Waals surface area contributed by atoms with Crippen LogP contribution in [0.5, 0.6) is 0 Å². The van der Waals surface area contributed by atoms with Crippen molar-refractivity contribution in [2.75, 3.05) is 6.61 Å². The number of rotatable bonds is 2. The predicted octanol–water partition coefficient (Wildman–Crippen LogP) is 2.98. The normalized spacial score (nSPS) is 7.18. The topological polar surface area (TPSA) is 50.1 Å². The van der Waals surface area contributed by atoms with E-state index in [1.54, 1.807) is 25.1 Å². The fourth-order valence-electron chi connectivity index (χ4n) is 0.913. The van der Waals surface area contributed by atoms with Crippen LogP contribution in [0.4, 0.5) is 0 Å². The summed E-state index contributed by atoms with van der Waals surface area (Å²) in [6, 6.07) is 7.04. The van der Waals surface area contributed by atoms with Crippen molar-refractivity contribution < 1.29 is 42.9 Å². The van der Waals surface area contributed by atoms with Crippen molar-refractivity contribution in [1.29, 1.82) is 5.26 Å². The fraction of sp³-hybridized carbons (Fsp3) is 0.182. The first-order valence-electron chi connectivity index (χ1n) is 4.32. The Balaban J connectivity index is -0.000000355. The van der Waals surface area contributed by atoms with Crippen LogP contribution in [0.2, 0.25) is 0 Å². The summed E-state index contributed by atoms with van der Waals surface area (Å²) in [7, 11) is 0. The van der Waals surface area contributed by atoms with Crippen molar-refractivity contribution in [3.05, 3.63) is 48.9 Å². The number of hydrogen-bond donors (Lipinski definition) is 0. The van der Waals surface area contributed by atoms with Gasteiger partial charge in [0.05, 0.1) is 6.61 Å². The number of esters is 1. The van der Waals surface area contributed by atoms with Crippen LogP contribution in [0, 0.1) is 18.8 Å². The van der Waals surface area contributed by atoms with Gasteiger partial charge in [-0.1, -0.05) is 6.07 Å². The van der Waals surface area contributed by atoms with Gasteiger partial charge in [0.2, 0.25) is 0 Å². The molecule has 6 heteroatoms. The van der Waals surface area contributed by atoms with Gasteiger partial charge in [0.1, 0.15) is 0 Å². The molecule has 0 saturated carbocycles. The average molecular weight is 398 g/mol. The molecule has 0 fully saturated rings. The molecule has 0 spiro atoms. The molecule has 0 heterocycles. The summed E-state index contributed by atoms with van der Waals surface area (Å²) < 4.78 is 4.82. The zero-order chi connectivity index (χ0) is 13.0. The van der Waals surface area contributed by atoms with Crippen LogP contribution in [0.25, 0.3) is 0 Å². The molecule has 17 heavy (non-hydrogen) atoms. The molecular formula is C11H11BrCuNO2Zn. The molecule has 0 aromatic heterocycles. The van der Waals surface area contributed by atoms with Crippen LogP contribution >= 0.6 is 13.6 Å². The van der Waals surface area contributed by atoms with Gasteiger partial charge < -0.3 is 16.6 Å². The zero-order valence-electron chi connectivity index (χ0n) is 9.37. The Morgan fingerprint density at radius 2 is 2.06 bits per heavy atom. The third kappa shape index (κ3) is 10.5. The monoisotopic (exact) mass is 395 g/mol. The Morgan fingerprint density at radius 3 is 2.47 bits per heavy atom. The molecule has 0 atom stereocenters. The van der Waals surface area contributed by atoms with E-state index in [9.17, 15) is 4.79 Å². The van der Waals surface area contributed by atoms with E-state index in [-0.39, 0.29) is 23.0 Å². The molecule has 3 nitrogen and oxygen atoms in total. The van der Waals surface area contributed by atoms with Crippen molar-refractivity contribution in [3.63, 3.8) is 0 Å². The summed E-state index contributed by atoms with van der Waals surface area (Å²) in [6.45, 7) is 10.7. The van der Waals surface area contributed by atoms with Gasteiger partial charge in [-0.2, -0.15) is 18.6 Å². The molecule has 1 aromatic carbocycles. The van der Waals surface area contributed by atoms with Gasteiger partial charge in [-0.3, -0.25) is 0 Å². The minimum atomic E-state index is -0.289. The Bertz CT molecular complexity index is 334. The van der Waals surface area contributed by atoms with E-state index in [4.69, 9.17) is 16.6 Å². The van der Waals surface area contributed by atoms with Gasteiger partial charge in [0.25, 0.3) is 0 Å². The molecule has 1 rings (SSSR count). The number of nitrogens with zero attached hydrogens (tertiary/aromatic N) is 1. The maximum atomic E-state index is 11.1. The van der Waals surface area contributed by atoms with Gasteiger partial charge in [0, 0.05) is 5.56 Å². The second-order valence-electron chi connectivity index (χ2n) is 2.42. The van der Waals surface area contributed by atoms with Gasteiger partial charge >= 0.3 is 53.0 Å². The number of carbonyl (C=O) groups excluding carboxylic acids is 1. The summed E-state index contributed by atoms with van der Waals surface area (Å²) in [5.41, 5.74) is 1.38. The van der Waals surface area contributed by atoms with Crippen molar-refractivity contribution in [2.45, 2.75) is 6.92 Å². The summed E-state index contributed by atoms with van der Waals surface area (Å²) in [4.78, 5) is 11.1. The number of halogens is 1. The van der Waals surface area contributed by atoms with Crippen LogP contribution in [0.1, 0.15) is 22.8 Å². The second-order valence-corrected chi connectivity index (χ2v) is 2.42. The van der Waals surface area contributed by atoms with E-state index in [0.29, 0.717) is 12.2 Å². The molecule has 0 saturated heterocycles. The molecule has 0 aliphatic carbocycles. The SMILES string of the molecule is [C-]#N.[CH2-]c1cccc(C(=O)OCC)c1.[Cu+].[Zn+][Br]. The molecule has 0 unspecified atom stereocenters. The molecule has 1 aromatic rings. The summed E-state index contributed by atoms with van der Waals surface area (Å²) in [5, 5.41) is 6.25. The van der Waals surface area contributed by atoms with Crippen molar-refractivity contribution >= 4 is 19.6 Å². The van der Waals surface area contributed by atoms with E-state index in [2.05, 4.69) is 20.5 Å². The summed E-state index contributed by atoms with van der Waals surface area (Å²) in [5.74, 6) is -0.289. The summed E-state index contributed by atoms with van der Waals surface area (Å²) in [6.07, 6.45) is 0. The first-order chi connectivity index (χ1) is 7.74. The maximum absolute atomic E-state index is 11.1. The molecule has 0 bridgehead atoms. The first kappa shape index (κ1) is 21.9. The number of hydrogen-bond acceptors (Lipinski definition) is 3. The fourth-order valence-corrected chi connectivity index (χ4v) is 0.913. The summed E-state index contributed by atoms with van der Waals surface area (Å²) >= 11 is 4.25. The van der Waals surface area contributed by atoms with Gasteiger partial charge in [0.15, 0.2) is 0 Å². The van der Waals surface area contributed by atoms with E-state index in [1.165, 1.54) is 16.3 Å². The number of carbonyl (C=O) groups is 1. The van der Waals surface area contributed by atoms with E-state index < -0.39 is 0 Å². The third-order valence-electron chi connectivity index (χ3n) is 1.44. The molecule has 0 radical (unpaired) electrons. The van der Waals surface area contributed by atoms with Crippen LogP contribution in [0.15, 0.2) is 24.3 Å². The Hall–Kier alpha value is -0.327. The van der Waals surface area contributed by atoms with Gasteiger partial charge in [-0.05, 0) is 6.92 Å². The van der Waals surface area contributed by atoms with Crippen molar-refractivity contribution in [3.8, 4) is 0 Å². The number of benzene rings is 1. The predicted molar refractivity (Wildman–Crippen MR) is 60.8 cm³/mol. The molecule has 0 amide bonds. The Morgan fingerprint density at radius 1 is 1.53 bits per heavy atom. The molecular weight excluding hydrogens is 387 g/mol.